The van der Waals surface area contributed by atoms with Crippen LogP contribution >= 0.6 is 12.6 Å². The summed E-state index contributed by atoms with van der Waals surface area (Å²) in [4.78, 5) is 16.8. The van der Waals surface area contributed by atoms with E-state index in [0.717, 1.165) is 22.3 Å². The number of ether oxygens (including phenoxy) is 5. The molecule has 0 spiro atoms. The molecule has 2 aromatic carbocycles. The van der Waals surface area contributed by atoms with Crippen molar-refractivity contribution in [3.63, 3.8) is 0 Å². The van der Waals surface area contributed by atoms with Crippen LogP contribution in [-0.4, -0.2) is 90.6 Å². The van der Waals surface area contributed by atoms with Crippen molar-refractivity contribution in [1.29, 1.82) is 5.26 Å². The molecular weight excluding hydrogens is 588 g/mol. The van der Waals surface area contributed by atoms with E-state index >= 15 is 0 Å². The topological polar surface area (TPSA) is 160 Å². The molecule has 6 atom stereocenters. The van der Waals surface area contributed by atoms with E-state index in [1.807, 2.05) is 23.8 Å². The van der Waals surface area contributed by atoms with Gasteiger partial charge >= 0.3 is 5.97 Å². The van der Waals surface area contributed by atoms with Crippen LogP contribution < -0.4 is 19.9 Å². The molecule has 0 radical (unpaired) electrons. The third-order valence-corrected chi connectivity index (χ3v) is 10.1. The van der Waals surface area contributed by atoms with E-state index in [0.29, 0.717) is 34.8 Å². The molecule has 0 aromatic heterocycles. The van der Waals surface area contributed by atoms with E-state index in [4.69, 9.17) is 29.4 Å². The summed E-state index contributed by atoms with van der Waals surface area (Å²) in [6.45, 7) is 3.91. The Morgan fingerprint density at radius 3 is 2.66 bits per heavy atom. The van der Waals surface area contributed by atoms with Crippen LogP contribution in [0.5, 0.6) is 23.0 Å². The van der Waals surface area contributed by atoms with Crippen LogP contribution in [0.4, 0.5) is 0 Å². The van der Waals surface area contributed by atoms with Crippen molar-refractivity contribution < 1.29 is 38.7 Å². The highest BCUT2D eigenvalue weighted by atomic mass is 32.1. The van der Waals surface area contributed by atoms with E-state index in [1.165, 1.54) is 0 Å². The lowest BCUT2D eigenvalue weighted by molar-refractivity contribution is -0.154. The zero-order valence-electron chi connectivity index (χ0n) is 25.4. The minimum Gasteiger partial charge on any atom is -0.507 e. The number of carbonyl (C=O) groups is 1. The average molecular weight is 627 g/mol. The third-order valence-electron chi connectivity index (χ3n) is 9.75. The minimum atomic E-state index is -1.22. The van der Waals surface area contributed by atoms with Crippen molar-refractivity contribution in [3.05, 3.63) is 45.0 Å². The zero-order chi connectivity index (χ0) is 31.7. The van der Waals surface area contributed by atoms with Gasteiger partial charge in [0.05, 0.1) is 37.9 Å². The summed E-state index contributed by atoms with van der Waals surface area (Å²) in [7, 11) is 5.12. The number of aliphatic hydroxyl groups excluding tert-OH is 1. The van der Waals surface area contributed by atoms with Crippen molar-refractivity contribution in [2.45, 2.75) is 62.7 Å². The van der Waals surface area contributed by atoms with Crippen LogP contribution in [0.1, 0.15) is 57.1 Å². The number of methoxy groups -OCH3 is 2. The van der Waals surface area contributed by atoms with Gasteiger partial charge in [0.25, 0.3) is 0 Å². The van der Waals surface area contributed by atoms with Gasteiger partial charge in [-0.25, -0.2) is 0 Å². The number of benzene rings is 2. The normalized spacial score (nSPS) is 27.5. The fraction of sp³-hybridized carbons (Fsp3) is 0.548. The van der Waals surface area contributed by atoms with Gasteiger partial charge in [0.15, 0.2) is 11.5 Å². The summed E-state index contributed by atoms with van der Waals surface area (Å²) in [5, 5.41) is 34.7. The first kappa shape index (κ1) is 30.8. The fourth-order valence-corrected chi connectivity index (χ4v) is 7.88. The number of rotatable bonds is 7. The van der Waals surface area contributed by atoms with Crippen molar-refractivity contribution in [2.24, 2.45) is 5.73 Å². The number of phenolic OH excluding ortho intramolecular Hbond substituents is 1. The Hall–Kier alpha value is -3.25. The first-order chi connectivity index (χ1) is 21.0. The quantitative estimate of drug-likeness (QED) is 0.262. The lowest BCUT2D eigenvalue weighted by atomic mass is 9.68. The van der Waals surface area contributed by atoms with Gasteiger partial charge < -0.3 is 39.6 Å². The maximum absolute atomic E-state index is 12.8. The number of piperazine rings is 1. The number of carbonyl (C=O) groups excluding carboxylic acids is 1. The lowest BCUT2D eigenvalue weighted by Gasteiger charge is -2.61. The van der Waals surface area contributed by atoms with Gasteiger partial charge in [-0.05, 0) is 37.6 Å². The van der Waals surface area contributed by atoms with E-state index in [-0.39, 0.29) is 43.6 Å². The molecule has 13 heteroatoms. The molecule has 1 fully saturated rings. The SMILES string of the molecule is COCc1c(OC)c(C)cc2c1C1C3[C@@H](O)c4c(O)c(C)c5c(c4[C@H](COC(=O)[C@@H](N)CS)N3C[C@](C#N)(C2)N1C)OCO5. The number of likely N-dealkylation sites (N-methyl/N-ethyl adjacent to an activating group) is 1. The number of esters is 1. The molecule has 4 N–H and O–H groups in total. The Kier molecular flexibility index (Phi) is 7.88. The van der Waals surface area contributed by atoms with Crippen molar-refractivity contribution in [3.8, 4) is 29.1 Å². The molecule has 12 nitrogen and oxygen atoms in total. The molecule has 4 aliphatic heterocycles. The van der Waals surface area contributed by atoms with Crippen molar-refractivity contribution in [1.82, 2.24) is 9.80 Å². The van der Waals surface area contributed by atoms with E-state index in [1.54, 1.807) is 21.1 Å². The lowest BCUT2D eigenvalue weighted by Crippen LogP contribution is -2.70. The summed E-state index contributed by atoms with van der Waals surface area (Å²) < 4.78 is 28.9. The largest absolute Gasteiger partial charge is 0.507 e. The van der Waals surface area contributed by atoms with Gasteiger partial charge in [-0.1, -0.05) is 6.07 Å². The first-order valence-corrected chi connectivity index (χ1v) is 15.1. The monoisotopic (exact) mass is 626 g/mol. The number of hydrogen-bond donors (Lipinski definition) is 4. The molecule has 1 saturated heterocycles. The van der Waals surface area contributed by atoms with Crippen LogP contribution in [0.25, 0.3) is 0 Å². The molecule has 0 amide bonds. The van der Waals surface area contributed by atoms with Crippen LogP contribution in [0.2, 0.25) is 0 Å². The highest BCUT2D eigenvalue weighted by Crippen LogP contribution is 2.60. The summed E-state index contributed by atoms with van der Waals surface area (Å²) in [5.41, 5.74) is 9.76. The van der Waals surface area contributed by atoms with Crippen molar-refractivity contribution in [2.75, 3.05) is 47.0 Å². The maximum atomic E-state index is 12.8. The summed E-state index contributed by atoms with van der Waals surface area (Å²) in [5.74, 6) is 0.774. The van der Waals surface area contributed by atoms with Crippen LogP contribution in [0, 0.1) is 25.2 Å². The number of nitrogens with two attached hydrogens (primary N) is 1. The van der Waals surface area contributed by atoms with Gasteiger partial charge in [-0.15, -0.1) is 0 Å². The van der Waals surface area contributed by atoms with E-state index < -0.39 is 41.8 Å². The molecule has 2 unspecified atom stereocenters. The highest BCUT2D eigenvalue weighted by molar-refractivity contribution is 7.80. The molecule has 2 bridgehead atoms. The molecular formula is C31H38N4O8S. The molecule has 6 rings (SSSR count). The Morgan fingerprint density at radius 2 is 2.00 bits per heavy atom. The number of nitriles is 1. The predicted octanol–water partition coefficient (Wildman–Crippen LogP) is 1.96. The predicted molar refractivity (Wildman–Crippen MR) is 161 cm³/mol. The van der Waals surface area contributed by atoms with E-state index in [9.17, 15) is 20.3 Å². The summed E-state index contributed by atoms with van der Waals surface area (Å²) in [6, 6.07) is 1.80. The molecule has 2 aromatic rings. The molecule has 4 aliphatic rings. The molecule has 4 heterocycles. The second-order valence-electron chi connectivity index (χ2n) is 12.0. The first-order valence-electron chi connectivity index (χ1n) is 14.5. The van der Waals surface area contributed by atoms with Gasteiger partial charge in [0.1, 0.15) is 35.8 Å². The van der Waals surface area contributed by atoms with Gasteiger partial charge in [0, 0.05) is 48.1 Å². The number of phenols is 1. The Labute approximate surface area is 261 Å². The molecule has 0 saturated carbocycles. The number of nitrogens with zero attached hydrogens (tertiary/aromatic N) is 3. The van der Waals surface area contributed by atoms with Gasteiger partial charge in [-0.2, -0.15) is 17.9 Å². The van der Waals surface area contributed by atoms with E-state index in [2.05, 4.69) is 24.8 Å². The second-order valence-corrected chi connectivity index (χ2v) is 12.4. The maximum Gasteiger partial charge on any atom is 0.323 e. The van der Waals surface area contributed by atoms with Crippen LogP contribution in [0.3, 0.4) is 0 Å². The van der Waals surface area contributed by atoms with Gasteiger partial charge in [-0.3, -0.25) is 14.6 Å². The number of fused-ring (bicyclic) bond motifs is 9. The zero-order valence-corrected chi connectivity index (χ0v) is 26.3. The average Bonchev–Trinajstić information content (AvgIpc) is 3.49. The number of thiol groups is 1. The third kappa shape index (κ3) is 4.27. The van der Waals surface area contributed by atoms with Crippen LogP contribution in [-0.2, 0) is 27.3 Å². The number of aliphatic hydroxyl groups is 1. The van der Waals surface area contributed by atoms with Crippen LogP contribution in [0.15, 0.2) is 6.07 Å². The Morgan fingerprint density at radius 1 is 1.27 bits per heavy atom. The van der Waals surface area contributed by atoms with Crippen molar-refractivity contribution >= 4 is 18.6 Å². The minimum absolute atomic E-state index is 0.0664. The highest BCUT2D eigenvalue weighted by Gasteiger charge is 2.61. The fourth-order valence-electron chi connectivity index (χ4n) is 7.73. The summed E-state index contributed by atoms with van der Waals surface area (Å²) >= 11 is 4.14. The Balaban J connectivity index is 1.60. The Bertz CT molecular complexity index is 1560. The molecule has 44 heavy (non-hydrogen) atoms. The standard InChI is InChI=1S/C31H38N4O8S/c1-14-6-16-7-31(11-32)12-35-19(9-41-30(38)18(33)10-44)21-22(25(36)15(2)28-29(21)43-13-42-28)26(37)24(35)23(34(31)3)20(16)17(8-39-4)27(14)40-5/h6,18-19,23-24,26,36-37,44H,7-10,12-13,33H2,1-5H3/t18-,19-,23?,24?,26-,31+/m0/s1. The number of hydrogen-bond acceptors (Lipinski definition) is 13. The number of aromatic hydroxyl groups is 1. The summed E-state index contributed by atoms with van der Waals surface area (Å²) in [6.07, 6.45) is -0.810. The van der Waals surface area contributed by atoms with Gasteiger partial charge in [0.2, 0.25) is 6.79 Å². The second kappa shape index (κ2) is 11.3. The molecule has 236 valence electrons. The molecule has 0 aliphatic carbocycles. The number of aryl methyl sites for hydroxylation is 1. The smallest absolute Gasteiger partial charge is 0.323 e.